The molecule has 2 aromatic rings. The Morgan fingerprint density at radius 1 is 1.30 bits per heavy atom. The molecule has 1 amide bonds. The van der Waals surface area contributed by atoms with E-state index >= 15 is 0 Å². The molecule has 1 saturated heterocycles. The molecule has 120 valence electrons. The molecular weight excluding hydrogens is 288 g/mol. The van der Waals surface area contributed by atoms with E-state index in [-0.39, 0.29) is 5.91 Å². The summed E-state index contributed by atoms with van der Waals surface area (Å²) >= 11 is 0. The Labute approximate surface area is 137 Å². The Kier molecular flexibility index (Phi) is 4.60. The third-order valence-electron chi connectivity index (χ3n) is 4.58. The summed E-state index contributed by atoms with van der Waals surface area (Å²) in [6.07, 6.45) is 5.32. The highest BCUT2D eigenvalue weighted by Crippen LogP contribution is 2.29. The summed E-state index contributed by atoms with van der Waals surface area (Å²) < 4.78 is 5.20. The SMILES string of the molecule is CCc1cnccc1C(=O)N1CC[C@@H](c2ccc(OC)cc2)C1. The van der Waals surface area contributed by atoms with Crippen LogP contribution < -0.4 is 4.74 Å². The van der Waals surface area contributed by atoms with Crippen molar-refractivity contribution in [2.45, 2.75) is 25.7 Å². The fraction of sp³-hybridized carbons (Fsp3) is 0.368. The monoisotopic (exact) mass is 310 g/mol. The number of aryl methyl sites for hydroxylation is 1. The molecule has 0 bridgehead atoms. The minimum Gasteiger partial charge on any atom is -0.497 e. The predicted octanol–water partition coefficient (Wildman–Crippen LogP) is 3.28. The number of benzene rings is 1. The molecule has 1 aliphatic rings. The molecule has 23 heavy (non-hydrogen) atoms. The summed E-state index contributed by atoms with van der Waals surface area (Å²) in [4.78, 5) is 18.9. The van der Waals surface area contributed by atoms with Gasteiger partial charge in [-0.05, 0) is 42.2 Å². The highest BCUT2D eigenvalue weighted by molar-refractivity contribution is 5.95. The Bertz CT molecular complexity index is 682. The second-order valence-electron chi connectivity index (χ2n) is 5.90. The third-order valence-corrected chi connectivity index (χ3v) is 4.58. The van der Waals surface area contributed by atoms with Crippen molar-refractivity contribution >= 4 is 5.91 Å². The summed E-state index contributed by atoms with van der Waals surface area (Å²) in [5.74, 6) is 1.39. The van der Waals surface area contributed by atoms with Crippen LogP contribution in [-0.2, 0) is 6.42 Å². The summed E-state index contributed by atoms with van der Waals surface area (Å²) in [6.45, 7) is 3.63. The number of hydrogen-bond donors (Lipinski definition) is 0. The number of hydrogen-bond acceptors (Lipinski definition) is 3. The molecule has 1 atom stereocenters. The zero-order chi connectivity index (χ0) is 16.2. The summed E-state index contributed by atoms with van der Waals surface area (Å²) in [6, 6.07) is 10.0. The van der Waals surface area contributed by atoms with E-state index in [0.717, 1.165) is 42.8 Å². The van der Waals surface area contributed by atoms with Gasteiger partial charge in [-0.15, -0.1) is 0 Å². The maximum Gasteiger partial charge on any atom is 0.254 e. The number of aromatic nitrogens is 1. The van der Waals surface area contributed by atoms with Crippen LogP contribution in [-0.4, -0.2) is 36.0 Å². The van der Waals surface area contributed by atoms with Crippen molar-refractivity contribution in [1.29, 1.82) is 0 Å². The van der Waals surface area contributed by atoms with Gasteiger partial charge >= 0.3 is 0 Å². The average Bonchev–Trinajstić information content (AvgIpc) is 3.11. The smallest absolute Gasteiger partial charge is 0.254 e. The highest BCUT2D eigenvalue weighted by atomic mass is 16.5. The Balaban J connectivity index is 1.72. The third kappa shape index (κ3) is 3.21. The van der Waals surface area contributed by atoms with Crippen molar-refractivity contribution in [3.63, 3.8) is 0 Å². The van der Waals surface area contributed by atoms with Crippen molar-refractivity contribution in [1.82, 2.24) is 9.88 Å². The minimum absolute atomic E-state index is 0.125. The first-order chi connectivity index (χ1) is 11.2. The van der Waals surface area contributed by atoms with Gasteiger partial charge in [-0.25, -0.2) is 0 Å². The van der Waals surface area contributed by atoms with Crippen molar-refractivity contribution in [3.05, 3.63) is 59.4 Å². The number of ether oxygens (including phenoxy) is 1. The number of carbonyl (C=O) groups is 1. The van der Waals surface area contributed by atoms with E-state index in [1.54, 1.807) is 19.5 Å². The fourth-order valence-electron chi connectivity index (χ4n) is 3.18. The summed E-state index contributed by atoms with van der Waals surface area (Å²) in [5, 5.41) is 0. The van der Waals surface area contributed by atoms with Crippen molar-refractivity contribution in [2.24, 2.45) is 0 Å². The summed E-state index contributed by atoms with van der Waals surface area (Å²) in [5.41, 5.74) is 3.08. The Morgan fingerprint density at radius 2 is 2.09 bits per heavy atom. The fourth-order valence-corrected chi connectivity index (χ4v) is 3.18. The minimum atomic E-state index is 0.125. The van der Waals surface area contributed by atoms with Crippen LogP contribution in [0.2, 0.25) is 0 Å². The lowest BCUT2D eigenvalue weighted by atomic mass is 9.98. The van der Waals surface area contributed by atoms with Crippen LogP contribution in [0.15, 0.2) is 42.7 Å². The summed E-state index contributed by atoms with van der Waals surface area (Å²) in [7, 11) is 1.67. The van der Waals surface area contributed by atoms with Gasteiger partial charge < -0.3 is 9.64 Å². The molecule has 1 fully saturated rings. The van der Waals surface area contributed by atoms with Gasteiger partial charge in [-0.3, -0.25) is 9.78 Å². The van der Waals surface area contributed by atoms with E-state index in [1.807, 2.05) is 23.1 Å². The largest absolute Gasteiger partial charge is 0.497 e. The Morgan fingerprint density at radius 3 is 2.78 bits per heavy atom. The molecule has 0 unspecified atom stereocenters. The molecular formula is C19H22N2O2. The molecule has 1 aromatic carbocycles. The molecule has 1 aromatic heterocycles. The van der Waals surface area contributed by atoms with Crippen molar-refractivity contribution in [2.75, 3.05) is 20.2 Å². The van der Waals surface area contributed by atoms with Crippen molar-refractivity contribution < 1.29 is 9.53 Å². The van der Waals surface area contributed by atoms with E-state index in [1.165, 1.54) is 5.56 Å². The number of pyridine rings is 1. The lowest BCUT2D eigenvalue weighted by Gasteiger charge is -2.18. The molecule has 0 N–H and O–H groups in total. The topological polar surface area (TPSA) is 42.4 Å². The van der Waals surface area contributed by atoms with E-state index in [2.05, 4.69) is 24.0 Å². The van der Waals surface area contributed by atoms with Gasteiger partial charge in [-0.1, -0.05) is 19.1 Å². The van der Waals surface area contributed by atoms with E-state index < -0.39 is 0 Å². The van der Waals surface area contributed by atoms with Gasteiger partial charge in [0.15, 0.2) is 0 Å². The normalized spacial score (nSPS) is 17.3. The molecule has 0 radical (unpaired) electrons. The maximum absolute atomic E-state index is 12.8. The van der Waals surface area contributed by atoms with E-state index in [4.69, 9.17) is 4.74 Å². The molecule has 4 heteroatoms. The number of likely N-dealkylation sites (tertiary alicyclic amines) is 1. The van der Waals surface area contributed by atoms with Crippen LogP contribution in [0.3, 0.4) is 0 Å². The Hall–Kier alpha value is -2.36. The molecule has 1 aliphatic heterocycles. The lowest BCUT2D eigenvalue weighted by Crippen LogP contribution is -2.29. The van der Waals surface area contributed by atoms with Crippen LogP contribution in [0.5, 0.6) is 5.75 Å². The first kappa shape index (κ1) is 15.5. The molecule has 4 nitrogen and oxygen atoms in total. The zero-order valence-corrected chi connectivity index (χ0v) is 13.7. The number of amides is 1. The van der Waals surface area contributed by atoms with Gasteiger partial charge in [0, 0.05) is 37.0 Å². The van der Waals surface area contributed by atoms with Gasteiger partial charge in [0.1, 0.15) is 5.75 Å². The quantitative estimate of drug-likeness (QED) is 0.870. The standard InChI is InChI=1S/C19H22N2O2/c1-3-14-12-20-10-8-18(14)19(22)21-11-9-16(13-21)15-4-6-17(23-2)7-5-15/h4-8,10,12,16H,3,9,11,13H2,1-2H3/t16-/m1/s1. The molecule has 0 aliphatic carbocycles. The van der Waals surface area contributed by atoms with E-state index in [9.17, 15) is 4.79 Å². The lowest BCUT2D eigenvalue weighted by molar-refractivity contribution is 0.0789. The first-order valence-electron chi connectivity index (χ1n) is 8.09. The molecule has 0 saturated carbocycles. The van der Waals surface area contributed by atoms with Gasteiger partial charge in [0.25, 0.3) is 5.91 Å². The van der Waals surface area contributed by atoms with Gasteiger partial charge in [-0.2, -0.15) is 0 Å². The second-order valence-corrected chi connectivity index (χ2v) is 5.90. The molecule has 3 rings (SSSR count). The van der Waals surface area contributed by atoms with Crippen LogP contribution in [0.1, 0.15) is 40.7 Å². The maximum atomic E-state index is 12.8. The van der Waals surface area contributed by atoms with Crippen LogP contribution in [0.25, 0.3) is 0 Å². The van der Waals surface area contributed by atoms with Crippen LogP contribution in [0, 0.1) is 0 Å². The average molecular weight is 310 g/mol. The second kappa shape index (κ2) is 6.82. The van der Waals surface area contributed by atoms with Crippen LogP contribution >= 0.6 is 0 Å². The first-order valence-corrected chi connectivity index (χ1v) is 8.09. The van der Waals surface area contributed by atoms with Crippen LogP contribution in [0.4, 0.5) is 0 Å². The van der Waals surface area contributed by atoms with Gasteiger partial charge in [0.05, 0.1) is 7.11 Å². The molecule has 2 heterocycles. The number of rotatable bonds is 4. The van der Waals surface area contributed by atoms with Gasteiger partial charge in [0.2, 0.25) is 0 Å². The van der Waals surface area contributed by atoms with Crippen molar-refractivity contribution in [3.8, 4) is 5.75 Å². The predicted molar refractivity (Wildman–Crippen MR) is 89.9 cm³/mol. The number of methoxy groups -OCH3 is 1. The molecule has 0 spiro atoms. The zero-order valence-electron chi connectivity index (χ0n) is 13.7. The highest BCUT2D eigenvalue weighted by Gasteiger charge is 2.28. The van der Waals surface area contributed by atoms with E-state index in [0.29, 0.717) is 5.92 Å². The number of nitrogens with zero attached hydrogens (tertiary/aromatic N) is 2. The number of carbonyl (C=O) groups excluding carboxylic acids is 1.